The summed E-state index contributed by atoms with van der Waals surface area (Å²) in [5.41, 5.74) is 7.83. The number of hydroxylamine groups is 1. The van der Waals surface area contributed by atoms with Crippen molar-refractivity contribution < 1.29 is 38.9 Å². The summed E-state index contributed by atoms with van der Waals surface area (Å²) < 4.78 is 24.2. The van der Waals surface area contributed by atoms with Crippen LogP contribution in [0.4, 0.5) is 0 Å². The Balaban J connectivity index is 1.23. The molecule has 3 aromatic carbocycles. The zero-order valence-electron chi connectivity index (χ0n) is 27.1. The Morgan fingerprint density at radius 3 is 2.17 bits per heavy atom. The van der Waals surface area contributed by atoms with Crippen LogP contribution < -0.4 is 20.3 Å². The van der Waals surface area contributed by atoms with Crippen LogP contribution in [-0.2, 0) is 45.2 Å². The van der Waals surface area contributed by atoms with Gasteiger partial charge in [-0.1, -0.05) is 48.5 Å². The van der Waals surface area contributed by atoms with Gasteiger partial charge in [0.25, 0.3) is 0 Å². The molecule has 0 radical (unpaired) electrons. The maximum Gasteiger partial charge on any atom is 0.243 e. The predicted octanol–water partition coefficient (Wildman–Crippen LogP) is 4.48. The highest BCUT2D eigenvalue weighted by atomic mass is 16.7. The minimum absolute atomic E-state index is 0.0105. The van der Waals surface area contributed by atoms with Crippen LogP contribution in [0.15, 0.2) is 60.7 Å². The van der Waals surface area contributed by atoms with Crippen molar-refractivity contribution in [2.45, 2.75) is 76.7 Å². The third-order valence-corrected chi connectivity index (χ3v) is 8.80. The Labute approximate surface area is 275 Å². The molecular formula is C36H45N3O8. The first-order chi connectivity index (χ1) is 22.9. The number of hydrogen-bond donors (Lipinski definition) is 4. The molecule has 2 aliphatic rings. The topological polar surface area (TPSA) is 139 Å². The number of unbranched alkanes of at least 4 members (excludes halogenated alkanes) is 1. The van der Waals surface area contributed by atoms with E-state index in [0.717, 1.165) is 59.8 Å². The van der Waals surface area contributed by atoms with E-state index in [9.17, 15) is 14.7 Å². The highest BCUT2D eigenvalue weighted by Crippen LogP contribution is 2.39. The lowest BCUT2D eigenvalue weighted by atomic mass is 9.97. The van der Waals surface area contributed by atoms with E-state index in [2.05, 4.69) is 22.3 Å². The molecule has 0 spiro atoms. The van der Waals surface area contributed by atoms with Gasteiger partial charge in [-0.15, -0.1) is 0 Å². The number of nitrogens with zero attached hydrogens (tertiary/aromatic N) is 1. The van der Waals surface area contributed by atoms with Crippen LogP contribution in [0.25, 0.3) is 0 Å². The van der Waals surface area contributed by atoms with Crippen molar-refractivity contribution >= 4 is 11.8 Å². The molecule has 5 rings (SSSR count). The van der Waals surface area contributed by atoms with Crippen LogP contribution in [0.2, 0.25) is 0 Å². The maximum absolute atomic E-state index is 12.3. The molecule has 11 heteroatoms. The highest BCUT2D eigenvalue weighted by molar-refractivity contribution is 5.76. The van der Waals surface area contributed by atoms with Gasteiger partial charge < -0.3 is 29.4 Å². The number of hydrogen-bond acceptors (Lipinski definition) is 9. The Bertz CT molecular complexity index is 1480. The van der Waals surface area contributed by atoms with Crippen LogP contribution >= 0.6 is 0 Å². The molecule has 2 amide bonds. The average Bonchev–Trinajstić information content (AvgIpc) is 3.11. The number of aliphatic hydroxyl groups is 1. The summed E-state index contributed by atoms with van der Waals surface area (Å²) in [6.45, 7) is 2.81. The van der Waals surface area contributed by atoms with Crippen molar-refractivity contribution in [2.75, 3.05) is 27.3 Å². The molecule has 0 saturated carbocycles. The van der Waals surface area contributed by atoms with E-state index in [-0.39, 0.29) is 31.1 Å². The van der Waals surface area contributed by atoms with E-state index in [1.54, 1.807) is 19.7 Å². The molecule has 0 unspecified atom stereocenters. The van der Waals surface area contributed by atoms with E-state index < -0.39 is 12.2 Å². The van der Waals surface area contributed by atoms with E-state index in [4.69, 9.17) is 24.2 Å². The predicted molar refractivity (Wildman–Crippen MR) is 174 cm³/mol. The van der Waals surface area contributed by atoms with Crippen molar-refractivity contribution in [2.24, 2.45) is 0 Å². The summed E-state index contributed by atoms with van der Waals surface area (Å²) in [5, 5.41) is 21.0. The second-order valence-corrected chi connectivity index (χ2v) is 12.1. The summed E-state index contributed by atoms with van der Waals surface area (Å²) in [7, 11) is 3.32. The monoisotopic (exact) mass is 647 g/mol. The molecule has 3 atom stereocenters. The Kier molecular flexibility index (Phi) is 12.2. The summed E-state index contributed by atoms with van der Waals surface area (Å²) in [4.78, 5) is 25.8. The maximum atomic E-state index is 12.3. The SMILES string of the molecule is COc1cc2c(cc1OC)CN(C[C@H]1C[C@@H](c3ccc(CO)cc3)O[C@@H](c3ccc(CNC(=O)CCCCC(=O)NO)cc3)O1)CC2. The van der Waals surface area contributed by atoms with Gasteiger partial charge in [-0.25, -0.2) is 5.48 Å². The molecule has 3 aromatic rings. The third-order valence-electron chi connectivity index (χ3n) is 8.80. The van der Waals surface area contributed by atoms with Crippen molar-refractivity contribution in [1.82, 2.24) is 15.7 Å². The number of amides is 2. The van der Waals surface area contributed by atoms with Gasteiger partial charge in [0, 0.05) is 51.0 Å². The first-order valence-corrected chi connectivity index (χ1v) is 16.1. The molecule has 2 heterocycles. The van der Waals surface area contributed by atoms with Crippen LogP contribution in [0.3, 0.4) is 0 Å². The van der Waals surface area contributed by atoms with Crippen LogP contribution in [0.1, 0.15) is 77.9 Å². The fourth-order valence-electron chi connectivity index (χ4n) is 6.13. The Morgan fingerprint density at radius 1 is 0.872 bits per heavy atom. The van der Waals surface area contributed by atoms with E-state index in [1.165, 1.54) is 11.1 Å². The number of rotatable bonds is 14. The van der Waals surface area contributed by atoms with Gasteiger partial charge in [0.1, 0.15) is 0 Å². The minimum atomic E-state index is -0.572. The fourth-order valence-corrected chi connectivity index (χ4v) is 6.13. The number of carbonyl (C=O) groups excluding carboxylic acids is 2. The molecule has 0 bridgehead atoms. The Hall–Kier alpha value is -4.00. The van der Waals surface area contributed by atoms with E-state index in [0.29, 0.717) is 32.2 Å². The lowest BCUT2D eigenvalue weighted by Crippen LogP contribution is -2.41. The van der Waals surface area contributed by atoms with Crippen molar-refractivity contribution in [3.05, 3.63) is 94.0 Å². The van der Waals surface area contributed by atoms with Gasteiger partial charge >= 0.3 is 0 Å². The quantitative estimate of drug-likeness (QED) is 0.113. The molecule has 1 saturated heterocycles. The first-order valence-electron chi connectivity index (χ1n) is 16.1. The normalized spacial score (nSPS) is 19.4. The van der Waals surface area contributed by atoms with Crippen LogP contribution in [-0.4, -0.2) is 60.4 Å². The second kappa shape index (κ2) is 16.7. The van der Waals surface area contributed by atoms with Crippen molar-refractivity contribution in [3.8, 4) is 11.5 Å². The van der Waals surface area contributed by atoms with Gasteiger partial charge in [0.05, 0.1) is 33.0 Å². The Morgan fingerprint density at radius 2 is 1.51 bits per heavy atom. The van der Waals surface area contributed by atoms with Gasteiger partial charge in [-0.05, 0) is 59.2 Å². The lowest BCUT2D eigenvalue weighted by Gasteiger charge is -2.39. The largest absolute Gasteiger partial charge is 0.493 e. The van der Waals surface area contributed by atoms with E-state index >= 15 is 0 Å². The minimum Gasteiger partial charge on any atom is -0.493 e. The number of carbonyl (C=O) groups is 2. The fraction of sp³-hybridized carbons (Fsp3) is 0.444. The van der Waals surface area contributed by atoms with Crippen LogP contribution in [0.5, 0.6) is 11.5 Å². The highest BCUT2D eigenvalue weighted by Gasteiger charge is 2.34. The number of benzene rings is 3. The average molecular weight is 648 g/mol. The number of fused-ring (bicyclic) bond motifs is 1. The summed E-state index contributed by atoms with van der Waals surface area (Å²) in [6.07, 6.45) is 2.35. The van der Waals surface area contributed by atoms with Crippen molar-refractivity contribution in [1.29, 1.82) is 0 Å². The zero-order valence-corrected chi connectivity index (χ0v) is 27.1. The number of ether oxygens (including phenoxy) is 4. The number of aliphatic hydroxyl groups excluding tert-OH is 1. The number of methoxy groups -OCH3 is 2. The number of nitrogens with one attached hydrogen (secondary N) is 2. The second-order valence-electron chi connectivity index (χ2n) is 12.1. The molecule has 0 aromatic heterocycles. The zero-order chi connectivity index (χ0) is 33.2. The third kappa shape index (κ3) is 9.30. The molecule has 0 aliphatic carbocycles. The molecule has 11 nitrogen and oxygen atoms in total. The van der Waals surface area contributed by atoms with Crippen molar-refractivity contribution in [3.63, 3.8) is 0 Å². The van der Waals surface area contributed by atoms with Gasteiger partial charge in [-0.2, -0.15) is 0 Å². The molecule has 252 valence electrons. The smallest absolute Gasteiger partial charge is 0.243 e. The standard InChI is InChI=1S/C36H45N3O8/c1-44-32-17-28-15-16-39(21-29(28)18-33(32)45-2)22-30-19-31(26-11-9-25(23-40)10-12-26)47-36(46-30)27-13-7-24(8-14-27)20-37-34(41)5-3-4-6-35(42)38-43/h7-14,17-18,30-31,36,40,43H,3-6,15-16,19-23H2,1-2H3,(H,37,41)(H,38,42)/t30-,31+,36+/m1/s1. The van der Waals surface area contributed by atoms with Gasteiger partial charge in [0.2, 0.25) is 11.8 Å². The summed E-state index contributed by atoms with van der Waals surface area (Å²) >= 11 is 0. The van der Waals surface area contributed by atoms with Gasteiger partial charge in [-0.3, -0.25) is 19.7 Å². The first kappa shape index (κ1) is 34.3. The lowest BCUT2D eigenvalue weighted by molar-refractivity contribution is -0.253. The summed E-state index contributed by atoms with van der Waals surface area (Å²) in [5.74, 6) is 0.942. The van der Waals surface area contributed by atoms with Crippen LogP contribution in [0, 0.1) is 0 Å². The molecule has 4 N–H and O–H groups in total. The van der Waals surface area contributed by atoms with Gasteiger partial charge in [0.15, 0.2) is 17.8 Å². The molecule has 2 aliphatic heterocycles. The summed E-state index contributed by atoms with van der Waals surface area (Å²) in [6, 6.07) is 19.9. The molecule has 47 heavy (non-hydrogen) atoms. The molecular weight excluding hydrogens is 602 g/mol. The molecule has 1 fully saturated rings. The van der Waals surface area contributed by atoms with E-state index in [1.807, 2.05) is 48.5 Å².